The Morgan fingerprint density at radius 2 is 2.17 bits per heavy atom. The fourth-order valence-corrected chi connectivity index (χ4v) is 3.22. The Morgan fingerprint density at radius 1 is 1.33 bits per heavy atom. The summed E-state index contributed by atoms with van der Waals surface area (Å²) in [4.78, 5) is 8.91. The molecule has 3 aromatic heterocycles. The molecule has 4 rings (SSSR count). The van der Waals surface area contributed by atoms with Gasteiger partial charge in [-0.2, -0.15) is 0 Å². The van der Waals surface area contributed by atoms with Crippen LogP contribution in [-0.4, -0.2) is 44.0 Å². The first-order valence-corrected chi connectivity index (χ1v) is 8.06. The van der Waals surface area contributed by atoms with Gasteiger partial charge in [0.1, 0.15) is 5.52 Å². The number of nitrogens with zero attached hydrogens (tertiary/aromatic N) is 5. The third kappa shape index (κ3) is 2.61. The number of rotatable bonds is 4. The van der Waals surface area contributed by atoms with E-state index in [1.807, 2.05) is 17.8 Å². The first kappa shape index (κ1) is 15.0. The van der Waals surface area contributed by atoms with E-state index in [-0.39, 0.29) is 5.82 Å². The molecule has 4 heterocycles. The van der Waals surface area contributed by atoms with Crippen LogP contribution in [0, 0.1) is 0 Å². The third-order valence-corrected chi connectivity index (χ3v) is 4.50. The van der Waals surface area contributed by atoms with Gasteiger partial charge in [0.25, 0.3) is 0 Å². The molecule has 3 aromatic rings. The number of hydrogen-bond donors (Lipinski definition) is 3. The molecule has 0 amide bonds. The summed E-state index contributed by atoms with van der Waals surface area (Å²) in [5.74, 6) is 0.857. The van der Waals surface area contributed by atoms with Gasteiger partial charge in [-0.3, -0.25) is 4.98 Å². The maximum atomic E-state index is 5.80. The van der Waals surface area contributed by atoms with E-state index in [0.717, 1.165) is 49.1 Å². The second kappa shape index (κ2) is 6.17. The molecule has 1 aliphatic heterocycles. The number of nitrogens with one attached hydrogen (secondary N) is 2. The maximum Gasteiger partial charge on any atom is 0.199 e. The number of fused-ring (bicyclic) bond motifs is 1. The van der Waals surface area contributed by atoms with Crippen molar-refractivity contribution in [2.45, 2.75) is 25.4 Å². The largest absolute Gasteiger partial charge is 0.379 e. The molecule has 1 saturated heterocycles. The number of pyridine rings is 1. The van der Waals surface area contributed by atoms with Gasteiger partial charge in [-0.1, -0.05) is 0 Å². The highest BCUT2D eigenvalue weighted by molar-refractivity contribution is 5.83. The number of nitrogens with two attached hydrogens (primary N) is 1. The Kier molecular flexibility index (Phi) is 3.87. The normalized spacial score (nSPS) is 16.0. The van der Waals surface area contributed by atoms with Crippen LogP contribution in [0.25, 0.3) is 22.6 Å². The Balaban J connectivity index is 1.66. The zero-order valence-electron chi connectivity index (χ0n) is 13.5. The van der Waals surface area contributed by atoms with E-state index in [4.69, 9.17) is 10.4 Å². The van der Waals surface area contributed by atoms with Gasteiger partial charge in [-0.25, -0.2) is 9.61 Å². The number of aromatic nitrogens is 5. The van der Waals surface area contributed by atoms with Crippen LogP contribution in [0.5, 0.6) is 0 Å². The molecule has 0 atom stereocenters. The molecule has 0 unspecified atom stereocenters. The molecule has 9 nitrogen and oxygen atoms in total. The molecule has 0 aromatic carbocycles. The highest BCUT2D eigenvalue weighted by atomic mass is 16.6. The van der Waals surface area contributed by atoms with Crippen LogP contribution in [0.3, 0.4) is 0 Å². The van der Waals surface area contributed by atoms with E-state index in [9.17, 15) is 0 Å². The number of piperidine rings is 1. The fourth-order valence-electron chi connectivity index (χ4n) is 3.22. The van der Waals surface area contributed by atoms with Gasteiger partial charge in [0, 0.05) is 31.4 Å². The lowest BCUT2D eigenvalue weighted by atomic mass is 10.1. The van der Waals surface area contributed by atoms with Crippen LogP contribution in [0.4, 0.5) is 5.82 Å². The van der Waals surface area contributed by atoms with Crippen molar-refractivity contribution < 1.29 is 4.63 Å². The molecule has 0 radical (unpaired) electrons. The standard InChI is InChI=1S/C15H20N8O/c1-23-13-9(7-19-10-2-4-17-5-3-10)6-18-8-11(13)20-15(23)12-14(16)22-24-21-12/h6,8,10,17,19H,2-5,7H2,1H3,(H2,16,22). The zero-order chi connectivity index (χ0) is 16.5. The minimum absolute atomic E-state index is 0.232. The smallest absolute Gasteiger partial charge is 0.199 e. The Hall–Kier alpha value is -2.52. The van der Waals surface area contributed by atoms with E-state index in [2.05, 4.69) is 30.9 Å². The van der Waals surface area contributed by atoms with Crippen LogP contribution < -0.4 is 16.4 Å². The van der Waals surface area contributed by atoms with Crippen molar-refractivity contribution in [1.29, 1.82) is 0 Å². The second-order valence-electron chi connectivity index (χ2n) is 6.06. The molecular formula is C15H20N8O. The quantitative estimate of drug-likeness (QED) is 0.631. The van der Waals surface area contributed by atoms with Crippen LogP contribution in [0.1, 0.15) is 18.4 Å². The van der Waals surface area contributed by atoms with Gasteiger partial charge in [-0.15, -0.1) is 0 Å². The van der Waals surface area contributed by atoms with Gasteiger partial charge in [0.2, 0.25) is 0 Å². The molecule has 0 aliphatic carbocycles. The van der Waals surface area contributed by atoms with Crippen molar-refractivity contribution in [2.75, 3.05) is 18.8 Å². The summed E-state index contributed by atoms with van der Waals surface area (Å²) in [6.45, 7) is 2.88. The predicted molar refractivity (Wildman–Crippen MR) is 88.9 cm³/mol. The topological polar surface area (TPSA) is 120 Å². The van der Waals surface area contributed by atoms with Crippen LogP contribution in [0.15, 0.2) is 17.0 Å². The maximum absolute atomic E-state index is 5.80. The Labute approximate surface area is 138 Å². The number of imidazole rings is 1. The van der Waals surface area contributed by atoms with Gasteiger partial charge in [-0.05, 0) is 36.2 Å². The highest BCUT2D eigenvalue weighted by Crippen LogP contribution is 2.26. The summed E-state index contributed by atoms with van der Waals surface area (Å²) in [5.41, 5.74) is 9.17. The summed E-state index contributed by atoms with van der Waals surface area (Å²) >= 11 is 0. The SMILES string of the molecule is Cn1c(-c2nonc2N)nc2cncc(CNC3CCNCC3)c21. The van der Waals surface area contributed by atoms with Gasteiger partial charge >= 0.3 is 0 Å². The second-order valence-corrected chi connectivity index (χ2v) is 6.06. The molecule has 4 N–H and O–H groups in total. The average Bonchev–Trinajstić information content (AvgIpc) is 3.17. The van der Waals surface area contributed by atoms with Crippen molar-refractivity contribution in [2.24, 2.45) is 7.05 Å². The molecule has 0 saturated carbocycles. The summed E-state index contributed by atoms with van der Waals surface area (Å²) in [6.07, 6.45) is 5.91. The van der Waals surface area contributed by atoms with Crippen LogP contribution >= 0.6 is 0 Å². The lowest BCUT2D eigenvalue weighted by Gasteiger charge is -2.23. The molecule has 1 fully saturated rings. The minimum Gasteiger partial charge on any atom is -0.379 e. The van der Waals surface area contributed by atoms with E-state index in [1.165, 1.54) is 0 Å². The molecular weight excluding hydrogens is 308 g/mol. The monoisotopic (exact) mass is 328 g/mol. The Bertz CT molecular complexity index is 848. The molecule has 24 heavy (non-hydrogen) atoms. The first-order valence-electron chi connectivity index (χ1n) is 8.06. The minimum atomic E-state index is 0.232. The summed E-state index contributed by atoms with van der Waals surface area (Å²) in [6, 6.07) is 0.532. The Morgan fingerprint density at radius 3 is 2.92 bits per heavy atom. The van der Waals surface area contributed by atoms with Crippen molar-refractivity contribution in [3.63, 3.8) is 0 Å². The van der Waals surface area contributed by atoms with Crippen molar-refractivity contribution in [3.8, 4) is 11.5 Å². The van der Waals surface area contributed by atoms with Crippen LogP contribution in [0.2, 0.25) is 0 Å². The molecule has 126 valence electrons. The molecule has 0 bridgehead atoms. The van der Waals surface area contributed by atoms with Crippen molar-refractivity contribution in [1.82, 2.24) is 35.5 Å². The summed E-state index contributed by atoms with van der Waals surface area (Å²) in [7, 11) is 1.94. The fraction of sp³-hybridized carbons (Fsp3) is 0.467. The van der Waals surface area contributed by atoms with E-state index in [0.29, 0.717) is 17.6 Å². The lowest BCUT2D eigenvalue weighted by molar-refractivity contribution is 0.310. The lowest BCUT2D eigenvalue weighted by Crippen LogP contribution is -2.39. The van der Waals surface area contributed by atoms with Crippen LogP contribution in [-0.2, 0) is 13.6 Å². The molecule has 0 spiro atoms. The molecule has 1 aliphatic rings. The number of anilines is 1. The summed E-state index contributed by atoms with van der Waals surface area (Å²) < 4.78 is 6.66. The van der Waals surface area contributed by atoms with Gasteiger partial charge < -0.3 is 20.9 Å². The van der Waals surface area contributed by atoms with E-state index in [1.54, 1.807) is 6.20 Å². The van der Waals surface area contributed by atoms with Crippen molar-refractivity contribution >= 4 is 16.9 Å². The van der Waals surface area contributed by atoms with Crippen molar-refractivity contribution in [3.05, 3.63) is 18.0 Å². The molecule has 9 heteroatoms. The number of hydrogen-bond acceptors (Lipinski definition) is 8. The predicted octanol–water partition coefficient (Wildman–Crippen LogP) is 0.442. The summed E-state index contributed by atoms with van der Waals surface area (Å²) in [5, 5.41) is 14.5. The van der Waals surface area contributed by atoms with E-state index >= 15 is 0 Å². The highest BCUT2D eigenvalue weighted by Gasteiger charge is 2.19. The van der Waals surface area contributed by atoms with Gasteiger partial charge in [0.05, 0.1) is 11.7 Å². The third-order valence-electron chi connectivity index (χ3n) is 4.50. The number of nitrogen functional groups attached to an aromatic ring is 1. The average molecular weight is 328 g/mol. The zero-order valence-corrected chi connectivity index (χ0v) is 13.5. The number of aryl methyl sites for hydroxylation is 1. The van der Waals surface area contributed by atoms with E-state index < -0.39 is 0 Å². The van der Waals surface area contributed by atoms with Gasteiger partial charge in [0.15, 0.2) is 17.3 Å². The first-order chi connectivity index (χ1) is 11.7.